The maximum Gasteiger partial charge on any atom is 0.218 e. The summed E-state index contributed by atoms with van der Waals surface area (Å²) in [7, 11) is 4.90. The van der Waals surface area contributed by atoms with Crippen LogP contribution in [0.15, 0.2) is 42.6 Å². The molecule has 0 aliphatic carbocycles. The number of nitriles is 1. The predicted octanol–water partition coefficient (Wildman–Crippen LogP) is 7.31. The first-order chi connectivity index (χ1) is 18.6. The summed E-state index contributed by atoms with van der Waals surface area (Å²) in [5, 5.41) is 12.1. The molecule has 0 amide bonds. The van der Waals surface area contributed by atoms with Gasteiger partial charge in [-0.15, -0.1) is 0 Å². The van der Waals surface area contributed by atoms with Crippen molar-refractivity contribution in [3.05, 3.63) is 59.4 Å². The summed E-state index contributed by atoms with van der Waals surface area (Å²) in [6, 6.07) is 13.7. The van der Waals surface area contributed by atoms with Crippen LogP contribution in [0.4, 0.5) is 0 Å². The molecule has 7 heteroatoms. The molecule has 0 aliphatic heterocycles. The average Bonchev–Trinajstić information content (AvgIpc) is 2.98. The Kier molecular flexibility index (Phi) is 12.1. The molecule has 2 aromatic carbocycles. The number of fused-ring (bicyclic) bond motifs is 2. The van der Waals surface area contributed by atoms with Gasteiger partial charge in [-0.1, -0.05) is 41.0 Å². The Hall–Kier alpha value is -4.05. The van der Waals surface area contributed by atoms with Gasteiger partial charge in [0.15, 0.2) is 18.1 Å². The second kappa shape index (κ2) is 15.3. The van der Waals surface area contributed by atoms with Gasteiger partial charge < -0.3 is 18.9 Å². The second-order valence-corrected chi connectivity index (χ2v) is 7.87. The molecule has 0 bridgehead atoms. The summed E-state index contributed by atoms with van der Waals surface area (Å²) < 4.78 is 22.2. The van der Waals surface area contributed by atoms with Gasteiger partial charge in [0.05, 0.1) is 26.8 Å². The quantitative estimate of drug-likeness (QED) is 0.230. The van der Waals surface area contributed by atoms with E-state index in [4.69, 9.17) is 29.2 Å². The number of hydrogen-bond donors (Lipinski definition) is 0. The van der Waals surface area contributed by atoms with Crippen molar-refractivity contribution in [3.63, 3.8) is 0 Å². The summed E-state index contributed by atoms with van der Waals surface area (Å²) in [4.78, 5) is 9.45. The molecular formula is C31H39N3O4. The van der Waals surface area contributed by atoms with E-state index in [1.54, 1.807) is 21.3 Å². The Labute approximate surface area is 226 Å². The summed E-state index contributed by atoms with van der Waals surface area (Å²) in [5.74, 6) is 2.51. The van der Waals surface area contributed by atoms with E-state index in [0.29, 0.717) is 23.8 Å². The maximum atomic E-state index is 9.06. The van der Waals surface area contributed by atoms with Gasteiger partial charge in [-0.05, 0) is 53.8 Å². The van der Waals surface area contributed by atoms with Crippen LogP contribution in [0.3, 0.4) is 0 Å². The molecule has 4 aromatic rings. The highest BCUT2D eigenvalue weighted by Crippen LogP contribution is 2.36. The lowest BCUT2D eigenvalue weighted by molar-refractivity contribution is 0.351. The third-order valence-electron chi connectivity index (χ3n) is 5.76. The largest absolute Gasteiger partial charge is 0.497 e. The number of aryl methyl sites for hydroxylation is 1. The van der Waals surface area contributed by atoms with E-state index in [-0.39, 0.29) is 6.61 Å². The Morgan fingerprint density at radius 1 is 0.842 bits per heavy atom. The van der Waals surface area contributed by atoms with E-state index in [9.17, 15) is 0 Å². The van der Waals surface area contributed by atoms with E-state index in [1.165, 1.54) is 0 Å². The Morgan fingerprint density at radius 2 is 1.53 bits per heavy atom. The molecule has 4 rings (SSSR count). The van der Waals surface area contributed by atoms with Crippen molar-refractivity contribution < 1.29 is 18.9 Å². The SMILES string of the molecule is CC.CC.CCCc1ncc(Cc2cc3cc(OC)ccc3nc2OCC#N)c2cc(OC)c(OC)cc12. The molecule has 0 atom stereocenters. The monoisotopic (exact) mass is 517 g/mol. The molecule has 2 heterocycles. The minimum Gasteiger partial charge on any atom is -0.497 e. The van der Waals surface area contributed by atoms with Crippen LogP contribution in [-0.4, -0.2) is 37.9 Å². The maximum absolute atomic E-state index is 9.06. The number of methoxy groups -OCH3 is 3. The predicted molar refractivity (Wildman–Crippen MR) is 154 cm³/mol. The molecule has 0 radical (unpaired) electrons. The molecule has 38 heavy (non-hydrogen) atoms. The van der Waals surface area contributed by atoms with Crippen LogP contribution in [0.25, 0.3) is 21.7 Å². The number of hydrogen-bond acceptors (Lipinski definition) is 7. The van der Waals surface area contributed by atoms with Crippen LogP contribution < -0.4 is 18.9 Å². The molecular weight excluding hydrogens is 478 g/mol. The fourth-order valence-corrected chi connectivity index (χ4v) is 4.12. The van der Waals surface area contributed by atoms with Crippen LogP contribution in [0.2, 0.25) is 0 Å². The molecule has 0 saturated carbocycles. The lowest BCUT2D eigenvalue weighted by Crippen LogP contribution is -2.04. The first-order valence-electron chi connectivity index (χ1n) is 13.1. The third-order valence-corrected chi connectivity index (χ3v) is 5.76. The van der Waals surface area contributed by atoms with Gasteiger partial charge in [0.1, 0.15) is 11.8 Å². The van der Waals surface area contributed by atoms with Crippen molar-refractivity contribution in [3.8, 4) is 29.2 Å². The van der Waals surface area contributed by atoms with Gasteiger partial charge in [0.25, 0.3) is 0 Å². The summed E-state index contributed by atoms with van der Waals surface area (Å²) >= 11 is 0. The van der Waals surface area contributed by atoms with E-state index in [2.05, 4.69) is 11.9 Å². The van der Waals surface area contributed by atoms with Crippen LogP contribution in [0, 0.1) is 11.3 Å². The van der Waals surface area contributed by atoms with Gasteiger partial charge in [-0.2, -0.15) is 5.26 Å². The molecule has 2 aromatic heterocycles. The lowest BCUT2D eigenvalue weighted by Gasteiger charge is -2.16. The Balaban J connectivity index is 0.00000121. The van der Waals surface area contributed by atoms with Crippen molar-refractivity contribution in [2.75, 3.05) is 27.9 Å². The van der Waals surface area contributed by atoms with Crippen LogP contribution in [0.1, 0.15) is 57.9 Å². The fourth-order valence-electron chi connectivity index (χ4n) is 4.12. The first kappa shape index (κ1) is 30.2. The summed E-state index contributed by atoms with van der Waals surface area (Å²) in [6.07, 6.45) is 4.27. The minimum absolute atomic E-state index is 0.0822. The number of benzene rings is 2. The highest BCUT2D eigenvalue weighted by Gasteiger charge is 2.16. The summed E-state index contributed by atoms with van der Waals surface area (Å²) in [5.41, 5.74) is 3.65. The highest BCUT2D eigenvalue weighted by molar-refractivity contribution is 5.91. The van der Waals surface area contributed by atoms with Gasteiger partial charge in [0.2, 0.25) is 5.88 Å². The van der Waals surface area contributed by atoms with E-state index < -0.39 is 0 Å². The molecule has 0 aliphatic rings. The standard InChI is InChI=1S/C27H27N3O4.2C2H6/c1-5-6-24-22-15-26(33-4)25(32-3)14-21(22)19(16-29-24)12-18-11-17-13-20(31-2)7-8-23(17)30-27(18)34-10-9-28;2*1-2/h7-8,11,13-16H,5-6,10,12H2,1-4H3;2*1-2H3. The average molecular weight is 518 g/mol. The molecule has 7 nitrogen and oxygen atoms in total. The number of pyridine rings is 2. The summed E-state index contributed by atoms with van der Waals surface area (Å²) in [6.45, 7) is 10.1. The molecule has 0 spiro atoms. The molecule has 0 N–H and O–H groups in total. The Morgan fingerprint density at radius 3 is 2.13 bits per heavy atom. The lowest BCUT2D eigenvalue weighted by atomic mass is 9.97. The van der Waals surface area contributed by atoms with E-state index >= 15 is 0 Å². The normalized spacial score (nSPS) is 9.97. The zero-order valence-corrected chi connectivity index (χ0v) is 23.8. The van der Waals surface area contributed by atoms with Crippen molar-refractivity contribution in [1.29, 1.82) is 5.26 Å². The first-order valence-corrected chi connectivity index (χ1v) is 13.1. The third kappa shape index (κ3) is 6.83. The second-order valence-electron chi connectivity index (χ2n) is 7.87. The molecule has 0 unspecified atom stereocenters. The van der Waals surface area contributed by atoms with E-state index in [1.807, 2.05) is 76.4 Å². The minimum atomic E-state index is -0.0822. The van der Waals surface area contributed by atoms with Gasteiger partial charge >= 0.3 is 0 Å². The van der Waals surface area contributed by atoms with Crippen molar-refractivity contribution in [1.82, 2.24) is 9.97 Å². The highest BCUT2D eigenvalue weighted by atomic mass is 16.5. The number of nitrogens with zero attached hydrogens (tertiary/aromatic N) is 3. The molecule has 0 saturated heterocycles. The smallest absolute Gasteiger partial charge is 0.218 e. The zero-order valence-electron chi connectivity index (χ0n) is 23.8. The van der Waals surface area contributed by atoms with Crippen molar-refractivity contribution in [2.24, 2.45) is 0 Å². The van der Waals surface area contributed by atoms with Crippen molar-refractivity contribution in [2.45, 2.75) is 53.9 Å². The van der Waals surface area contributed by atoms with Gasteiger partial charge in [-0.25, -0.2) is 4.98 Å². The Bertz CT molecular complexity index is 1380. The van der Waals surface area contributed by atoms with E-state index in [0.717, 1.165) is 57.1 Å². The van der Waals surface area contributed by atoms with Crippen molar-refractivity contribution >= 4 is 21.7 Å². The van der Waals surface area contributed by atoms with Gasteiger partial charge in [-0.3, -0.25) is 4.98 Å². The van der Waals surface area contributed by atoms with Crippen LogP contribution in [-0.2, 0) is 12.8 Å². The molecule has 202 valence electrons. The number of ether oxygens (including phenoxy) is 4. The van der Waals surface area contributed by atoms with Crippen LogP contribution in [0.5, 0.6) is 23.1 Å². The topological polar surface area (TPSA) is 86.5 Å². The fraction of sp³-hybridized carbons (Fsp3) is 0.387. The van der Waals surface area contributed by atoms with Crippen LogP contribution >= 0.6 is 0 Å². The van der Waals surface area contributed by atoms with Gasteiger partial charge in [0, 0.05) is 34.6 Å². The zero-order chi connectivity index (χ0) is 28.1. The molecule has 0 fully saturated rings. The number of aromatic nitrogens is 2. The number of rotatable bonds is 9.